The SMILES string of the molecule is C=CC1OC(C)(CC/C=C2/OC(C)(C/C=C3/OC(C)(C/C=C4/CC(C)(C)CC(O)C4=O)CC(NO)C3=O)CC(NN)C2=O)CC2=CC(=O)OC21. The molecule has 8 atom stereocenters. The number of hydrogen-bond donors (Lipinski definition) is 5. The van der Waals surface area contributed by atoms with Crippen LogP contribution in [0, 0.1) is 5.41 Å². The third-order valence-corrected chi connectivity index (χ3v) is 10.4. The van der Waals surface area contributed by atoms with Crippen LogP contribution in [0.1, 0.15) is 92.4 Å². The fraction of sp³-hybridized carbons (Fsp3) is 0.622. The summed E-state index contributed by atoms with van der Waals surface area (Å²) in [7, 11) is 0. The number of carbonyl (C=O) groups is 4. The van der Waals surface area contributed by atoms with Gasteiger partial charge in [-0.25, -0.2) is 10.2 Å². The molecule has 0 spiro atoms. The number of carbonyl (C=O) groups excluding carboxylic acids is 4. The van der Waals surface area contributed by atoms with E-state index in [0.717, 1.165) is 5.57 Å². The van der Waals surface area contributed by atoms with E-state index in [1.807, 2.05) is 27.7 Å². The Morgan fingerprint density at radius 1 is 0.880 bits per heavy atom. The molecule has 0 radical (unpaired) electrons. The third kappa shape index (κ3) is 8.19. The molecule has 0 aromatic carbocycles. The third-order valence-electron chi connectivity index (χ3n) is 10.4. The molecule has 0 amide bonds. The highest BCUT2D eigenvalue weighted by Gasteiger charge is 2.46. The Hall–Kier alpha value is -3.46. The van der Waals surface area contributed by atoms with Gasteiger partial charge in [-0.05, 0) is 75.2 Å². The van der Waals surface area contributed by atoms with Gasteiger partial charge in [-0.2, -0.15) is 5.48 Å². The molecule has 13 heteroatoms. The molecule has 8 unspecified atom stereocenters. The molecular weight excluding hydrogens is 646 g/mol. The number of aliphatic hydroxyl groups excluding tert-OH is 1. The lowest BCUT2D eigenvalue weighted by molar-refractivity contribution is -0.158. The Morgan fingerprint density at radius 3 is 2.14 bits per heavy atom. The first-order valence-corrected chi connectivity index (χ1v) is 17.3. The molecule has 6 N–H and O–H groups in total. The van der Waals surface area contributed by atoms with Gasteiger partial charge in [0.05, 0.1) is 11.6 Å². The molecule has 4 heterocycles. The van der Waals surface area contributed by atoms with Gasteiger partial charge >= 0.3 is 5.97 Å². The summed E-state index contributed by atoms with van der Waals surface area (Å²) in [5, 5.41) is 20.2. The number of hydroxylamine groups is 1. The zero-order valence-corrected chi connectivity index (χ0v) is 29.6. The van der Waals surface area contributed by atoms with Gasteiger partial charge in [0.15, 0.2) is 23.4 Å². The van der Waals surface area contributed by atoms with Crippen molar-refractivity contribution >= 4 is 23.3 Å². The van der Waals surface area contributed by atoms with E-state index in [0.29, 0.717) is 37.7 Å². The average Bonchev–Trinajstić information content (AvgIpc) is 3.42. The number of nitrogens with two attached hydrogens (primary N) is 1. The summed E-state index contributed by atoms with van der Waals surface area (Å²) < 4.78 is 24.2. The van der Waals surface area contributed by atoms with Gasteiger partial charge in [0.2, 0.25) is 11.6 Å². The fourth-order valence-electron chi connectivity index (χ4n) is 7.80. The maximum absolute atomic E-state index is 13.3. The van der Waals surface area contributed by atoms with Crippen molar-refractivity contribution in [3.63, 3.8) is 0 Å². The van der Waals surface area contributed by atoms with Gasteiger partial charge in [0.25, 0.3) is 0 Å². The van der Waals surface area contributed by atoms with Gasteiger partial charge in [0, 0.05) is 38.2 Å². The number of hydrazine groups is 1. The van der Waals surface area contributed by atoms with Crippen LogP contribution in [-0.4, -0.2) is 80.8 Å². The highest BCUT2D eigenvalue weighted by Crippen LogP contribution is 2.42. The molecule has 1 saturated carbocycles. The second kappa shape index (κ2) is 14.3. The first kappa shape index (κ1) is 37.8. The molecule has 3 saturated heterocycles. The van der Waals surface area contributed by atoms with Gasteiger partial charge in [0.1, 0.15) is 29.5 Å². The van der Waals surface area contributed by atoms with Crippen molar-refractivity contribution in [2.75, 3.05) is 0 Å². The van der Waals surface area contributed by atoms with E-state index in [4.69, 9.17) is 24.8 Å². The molecule has 1 aliphatic carbocycles. The molecule has 5 rings (SSSR count). The Morgan fingerprint density at radius 2 is 1.50 bits per heavy atom. The molecule has 13 nitrogen and oxygen atoms in total. The van der Waals surface area contributed by atoms with Gasteiger partial charge < -0.3 is 29.3 Å². The summed E-state index contributed by atoms with van der Waals surface area (Å²) in [6.45, 7) is 13.4. The number of allylic oxidation sites excluding steroid dienone is 1. The van der Waals surface area contributed by atoms with E-state index in [1.165, 1.54) is 6.08 Å². The van der Waals surface area contributed by atoms with Crippen LogP contribution in [0.2, 0.25) is 0 Å². The predicted octanol–water partition coefficient (Wildman–Crippen LogP) is 3.25. The first-order valence-electron chi connectivity index (χ1n) is 17.3. The summed E-state index contributed by atoms with van der Waals surface area (Å²) in [5.41, 5.74) is 3.29. The smallest absolute Gasteiger partial charge is 0.331 e. The highest BCUT2D eigenvalue weighted by atomic mass is 16.6. The van der Waals surface area contributed by atoms with Crippen molar-refractivity contribution in [3.8, 4) is 0 Å². The molecule has 4 aliphatic heterocycles. The van der Waals surface area contributed by atoms with Crippen molar-refractivity contribution in [1.29, 1.82) is 0 Å². The van der Waals surface area contributed by atoms with Crippen LogP contribution in [0.25, 0.3) is 0 Å². The number of rotatable bonds is 10. The maximum atomic E-state index is 13.3. The van der Waals surface area contributed by atoms with Crippen LogP contribution in [0.5, 0.6) is 0 Å². The fourth-order valence-corrected chi connectivity index (χ4v) is 7.80. The monoisotopic (exact) mass is 697 g/mol. The van der Waals surface area contributed by atoms with E-state index in [2.05, 4.69) is 17.5 Å². The number of ether oxygens (including phenoxy) is 4. The second-order valence-corrected chi connectivity index (χ2v) is 15.9. The summed E-state index contributed by atoms with van der Waals surface area (Å²) in [5.74, 6) is 4.53. The zero-order valence-electron chi connectivity index (χ0n) is 29.6. The number of fused-ring (bicyclic) bond motifs is 1. The van der Waals surface area contributed by atoms with Crippen molar-refractivity contribution < 1.29 is 48.4 Å². The van der Waals surface area contributed by atoms with E-state index in [9.17, 15) is 29.5 Å². The Balaban J connectivity index is 1.29. The van der Waals surface area contributed by atoms with E-state index < -0.39 is 59.0 Å². The summed E-state index contributed by atoms with van der Waals surface area (Å²) in [6, 6.07) is -1.68. The highest BCUT2D eigenvalue weighted by molar-refractivity contribution is 6.00. The van der Waals surface area contributed by atoms with Crippen LogP contribution in [-0.2, 0) is 38.1 Å². The zero-order chi connectivity index (χ0) is 36.6. The summed E-state index contributed by atoms with van der Waals surface area (Å²) in [6.07, 6.45) is 9.38. The first-order chi connectivity index (χ1) is 23.4. The van der Waals surface area contributed by atoms with Crippen LogP contribution in [0.15, 0.2) is 59.6 Å². The number of aliphatic hydroxyl groups is 1. The minimum absolute atomic E-state index is 0.0321. The molecule has 0 bridgehead atoms. The summed E-state index contributed by atoms with van der Waals surface area (Å²) >= 11 is 0. The molecule has 4 fully saturated rings. The molecule has 0 aromatic rings. The van der Waals surface area contributed by atoms with Gasteiger partial charge in [-0.3, -0.25) is 20.2 Å². The lowest BCUT2D eigenvalue weighted by atomic mass is 9.72. The maximum Gasteiger partial charge on any atom is 0.331 e. The Bertz CT molecular complexity index is 1550. The summed E-state index contributed by atoms with van der Waals surface area (Å²) in [4.78, 5) is 51.2. The largest absolute Gasteiger partial charge is 0.484 e. The lowest BCUT2D eigenvalue weighted by Gasteiger charge is -2.41. The number of hydrogen-bond acceptors (Lipinski definition) is 13. The van der Waals surface area contributed by atoms with E-state index in [-0.39, 0.29) is 54.2 Å². The molecular formula is C37H51N3O10. The Labute approximate surface area is 292 Å². The molecule has 274 valence electrons. The lowest BCUT2D eigenvalue weighted by Crippen LogP contribution is -2.52. The van der Waals surface area contributed by atoms with Crippen molar-refractivity contribution in [1.82, 2.24) is 10.9 Å². The number of Topliss-reactive ketones (excluding diaryl/α,β-unsaturated/α-hetero) is 3. The minimum atomic E-state index is -1.06. The standard InChI is InChI=1S/C37H51N3O10/c1-7-26-33-22(15-29(42)47-33)17-35(4,48-26)12-8-9-27-31(44)23(39-38)18-37(6,49-27)14-11-28-32(45)24(40-46)19-36(5,50-28)13-10-21-16-34(2,3)20-25(41)30(21)43/h7,9-11,15,23-26,33,39-41,46H,1,8,12-14,16-20,38H2,2-6H3/b21-10-,27-9+,28-11+. The number of nitrogens with one attached hydrogen (secondary N) is 2. The molecule has 50 heavy (non-hydrogen) atoms. The second-order valence-electron chi connectivity index (χ2n) is 15.9. The van der Waals surface area contributed by atoms with Crippen molar-refractivity contribution in [2.24, 2.45) is 11.3 Å². The number of esters is 1. The van der Waals surface area contributed by atoms with Crippen molar-refractivity contribution in [2.45, 2.75) is 140 Å². The quantitative estimate of drug-likeness (QED) is 0.0735. The van der Waals surface area contributed by atoms with Crippen LogP contribution < -0.4 is 16.7 Å². The average molecular weight is 698 g/mol. The molecule has 5 aliphatic rings. The van der Waals surface area contributed by atoms with Crippen LogP contribution in [0.4, 0.5) is 0 Å². The normalized spacial score (nSPS) is 39.6. The van der Waals surface area contributed by atoms with E-state index in [1.54, 1.807) is 31.2 Å². The van der Waals surface area contributed by atoms with Crippen LogP contribution in [0.3, 0.4) is 0 Å². The van der Waals surface area contributed by atoms with Gasteiger partial charge in [-0.1, -0.05) is 26.0 Å². The topological polar surface area (TPSA) is 196 Å². The predicted molar refractivity (Wildman–Crippen MR) is 181 cm³/mol. The van der Waals surface area contributed by atoms with E-state index >= 15 is 0 Å². The number of ketones is 3. The Kier molecular flexibility index (Phi) is 10.8. The van der Waals surface area contributed by atoms with Gasteiger partial charge in [-0.15, -0.1) is 6.58 Å². The van der Waals surface area contributed by atoms with Crippen LogP contribution >= 0.6 is 0 Å². The molecule has 0 aromatic heterocycles. The van der Waals surface area contributed by atoms with Crippen molar-refractivity contribution in [3.05, 3.63) is 59.6 Å². The minimum Gasteiger partial charge on any atom is -0.484 e.